The molecule has 82 valence electrons. The van der Waals surface area contributed by atoms with E-state index in [1.54, 1.807) is 4.90 Å². The molecule has 0 aliphatic carbocycles. The largest absolute Gasteiger partial charge is 0.394 e. The van der Waals surface area contributed by atoms with Gasteiger partial charge in [-0.3, -0.25) is 4.79 Å². The van der Waals surface area contributed by atoms with Crippen LogP contribution in [0.1, 0.15) is 13.8 Å². The van der Waals surface area contributed by atoms with Crippen molar-refractivity contribution in [2.24, 2.45) is 5.73 Å². The first-order chi connectivity index (χ1) is 7.02. The molecular formula is C9H15N5O. The maximum Gasteiger partial charge on any atom is 0.237 e. The Morgan fingerprint density at radius 1 is 1.60 bits per heavy atom. The molecule has 1 aromatic heterocycles. The number of nitrogens with zero attached hydrogens (tertiary/aromatic N) is 3. The van der Waals surface area contributed by atoms with Crippen LogP contribution in [-0.2, 0) is 4.79 Å². The maximum atomic E-state index is 10.9. The minimum Gasteiger partial charge on any atom is -0.394 e. The van der Waals surface area contributed by atoms with E-state index in [9.17, 15) is 4.79 Å². The summed E-state index contributed by atoms with van der Waals surface area (Å²) in [4.78, 5) is 20.5. The molecule has 0 spiro atoms. The van der Waals surface area contributed by atoms with Crippen molar-refractivity contribution in [1.29, 1.82) is 0 Å². The zero-order chi connectivity index (χ0) is 11.4. The summed E-state index contributed by atoms with van der Waals surface area (Å²) in [7, 11) is 0. The van der Waals surface area contributed by atoms with Crippen LogP contribution < -0.4 is 16.4 Å². The first-order valence-corrected chi connectivity index (χ1v) is 4.62. The second kappa shape index (κ2) is 4.59. The Morgan fingerprint density at radius 3 is 2.73 bits per heavy atom. The number of nitrogens with two attached hydrogens (primary N) is 2. The smallest absolute Gasteiger partial charge is 0.237 e. The van der Waals surface area contributed by atoms with Gasteiger partial charge in [0.1, 0.15) is 6.33 Å². The summed E-state index contributed by atoms with van der Waals surface area (Å²) >= 11 is 0. The van der Waals surface area contributed by atoms with Gasteiger partial charge in [-0.2, -0.15) is 0 Å². The van der Waals surface area contributed by atoms with Gasteiger partial charge in [0.2, 0.25) is 5.91 Å². The van der Waals surface area contributed by atoms with Crippen molar-refractivity contribution in [1.82, 2.24) is 9.97 Å². The van der Waals surface area contributed by atoms with Gasteiger partial charge in [0, 0.05) is 6.04 Å². The lowest BCUT2D eigenvalue weighted by Crippen LogP contribution is -2.39. The third-order valence-electron chi connectivity index (χ3n) is 1.94. The number of amides is 1. The fraction of sp³-hybridized carbons (Fsp3) is 0.444. The molecule has 0 radical (unpaired) electrons. The second-order valence-corrected chi connectivity index (χ2v) is 3.49. The molecule has 1 aromatic rings. The molecule has 0 aliphatic rings. The van der Waals surface area contributed by atoms with Gasteiger partial charge in [0.25, 0.3) is 0 Å². The Labute approximate surface area is 88.3 Å². The van der Waals surface area contributed by atoms with Crippen LogP contribution in [0.4, 0.5) is 11.5 Å². The van der Waals surface area contributed by atoms with Crippen LogP contribution in [0.15, 0.2) is 12.5 Å². The Balaban J connectivity index is 2.99. The number of aromatic nitrogens is 2. The molecule has 0 saturated heterocycles. The molecular weight excluding hydrogens is 194 g/mol. The first-order valence-electron chi connectivity index (χ1n) is 4.62. The zero-order valence-electron chi connectivity index (χ0n) is 8.84. The van der Waals surface area contributed by atoms with Gasteiger partial charge in [-0.25, -0.2) is 9.97 Å². The molecule has 4 N–H and O–H groups in total. The highest BCUT2D eigenvalue weighted by molar-refractivity contribution is 5.80. The van der Waals surface area contributed by atoms with Crippen molar-refractivity contribution in [3.63, 3.8) is 0 Å². The van der Waals surface area contributed by atoms with Crippen LogP contribution in [0.3, 0.4) is 0 Å². The lowest BCUT2D eigenvalue weighted by Gasteiger charge is -2.26. The van der Waals surface area contributed by atoms with Gasteiger partial charge in [0.05, 0.1) is 18.4 Å². The minimum atomic E-state index is -0.415. The fourth-order valence-electron chi connectivity index (χ4n) is 1.24. The SMILES string of the molecule is CC(C)N(CC(N)=O)c1ncncc1N. The van der Waals surface area contributed by atoms with Gasteiger partial charge in [0.15, 0.2) is 5.82 Å². The molecule has 6 heteroatoms. The molecule has 0 bridgehead atoms. The van der Waals surface area contributed by atoms with Crippen LogP contribution in [0.5, 0.6) is 0 Å². The van der Waals surface area contributed by atoms with Crippen molar-refractivity contribution in [3.8, 4) is 0 Å². The molecule has 0 unspecified atom stereocenters. The lowest BCUT2D eigenvalue weighted by atomic mass is 10.3. The van der Waals surface area contributed by atoms with Gasteiger partial charge < -0.3 is 16.4 Å². The minimum absolute atomic E-state index is 0.0923. The normalized spacial score (nSPS) is 10.3. The lowest BCUT2D eigenvalue weighted by molar-refractivity contribution is -0.116. The van der Waals surface area contributed by atoms with E-state index in [0.29, 0.717) is 11.5 Å². The van der Waals surface area contributed by atoms with Crippen molar-refractivity contribution >= 4 is 17.4 Å². The fourth-order valence-corrected chi connectivity index (χ4v) is 1.24. The number of hydrogen-bond acceptors (Lipinski definition) is 5. The molecule has 0 fully saturated rings. The number of carbonyl (C=O) groups excluding carboxylic acids is 1. The standard InChI is InChI=1S/C9H15N5O/c1-6(2)14(4-8(11)15)9-7(10)3-12-5-13-9/h3,5-6H,4,10H2,1-2H3,(H2,11,15). The van der Waals surface area contributed by atoms with E-state index >= 15 is 0 Å². The molecule has 0 aliphatic heterocycles. The van der Waals surface area contributed by atoms with Crippen molar-refractivity contribution < 1.29 is 4.79 Å². The predicted octanol–water partition coefficient (Wildman–Crippen LogP) is -0.241. The quantitative estimate of drug-likeness (QED) is 0.713. The second-order valence-electron chi connectivity index (χ2n) is 3.49. The third kappa shape index (κ3) is 2.80. The molecule has 6 nitrogen and oxygen atoms in total. The number of anilines is 2. The summed E-state index contributed by atoms with van der Waals surface area (Å²) in [5, 5.41) is 0. The molecule has 0 saturated carbocycles. The molecule has 0 atom stereocenters. The monoisotopic (exact) mass is 209 g/mol. The van der Waals surface area contributed by atoms with Crippen LogP contribution in [0.25, 0.3) is 0 Å². The summed E-state index contributed by atoms with van der Waals surface area (Å²) in [5.41, 5.74) is 11.3. The highest BCUT2D eigenvalue weighted by atomic mass is 16.1. The van der Waals surface area contributed by atoms with Gasteiger partial charge in [-0.1, -0.05) is 0 Å². The highest BCUT2D eigenvalue weighted by Crippen LogP contribution is 2.19. The average Bonchev–Trinajstić information content (AvgIpc) is 2.15. The summed E-state index contributed by atoms with van der Waals surface area (Å²) < 4.78 is 0. The summed E-state index contributed by atoms with van der Waals surface area (Å²) in [6, 6.07) is 0.0923. The average molecular weight is 209 g/mol. The molecule has 1 amide bonds. The summed E-state index contributed by atoms with van der Waals surface area (Å²) in [6.45, 7) is 3.97. The van der Waals surface area contributed by atoms with Crippen LogP contribution in [-0.4, -0.2) is 28.5 Å². The number of primary amides is 1. The molecule has 0 aromatic carbocycles. The Kier molecular flexibility index (Phi) is 3.43. The van der Waals surface area contributed by atoms with Crippen LogP contribution >= 0.6 is 0 Å². The van der Waals surface area contributed by atoms with Crippen molar-refractivity contribution in [3.05, 3.63) is 12.5 Å². The Morgan fingerprint density at radius 2 is 2.27 bits per heavy atom. The van der Waals surface area contributed by atoms with E-state index < -0.39 is 5.91 Å². The van der Waals surface area contributed by atoms with E-state index in [1.807, 2.05) is 13.8 Å². The van der Waals surface area contributed by atoms with E-state index in [0.717, 1.165) is 0 Å². The van der Waals surface area contributed by atoms with Crippen LogP contribution in [0, 0.1) is 0 Å². The van der Waals surface area contributed by atoms with Crippen molar-refractivity contribution in [2.75, 3.05) is 17.2 Å². The van der Waals surface area contributed by atoms with E-state index in [-0.39, 0.29) is 12.6 Å². The Hall–Kier alpha value is -1.85. The Bertz CT molecular complexity index is 352. The van der Waals surface area contributed by atoms with E-state index in [2.05, 4.69) is 9.97 Å². The first kappa shape index (κ1) is 11.2. The van der Waals surface area contributed by atoms with Crippen LogP contribution in [0.2, 0.25) is 0 Å². The highest BCUT2D eigenvalue weighted by Gasteiger charge is 2.16. The molecule has 15 heavy (non-hydrogen) atoms. The number of rotatable bonds is 4. The summed E-state index contributed by atoms with van der Waals surface area (Å²) in [6.07, 6.45) is 2.89. The maximum absolute atomic E-state index is 10.9. The predicted molar refractivity (Wildman–Crippen MR) is 58.1 cm³/mol. The number of carbonyl (C=O) groups is 1. The molecule has 1 rings (SSSR count). The topological polar surface area (TPSA) is 98.1 Å². The van der Waals surface area contributed by atoms with E-state index in [1.165, 1.54) is 12.5 Å². The van der Waals surface area contributed by atoms with Gasteiger partial charge in [-0.05, 0) is 13.8 Å². The third-order valence-corrected chi connectivity index (χ3v) is 1.94. The number of hydrogen-bond donors (Lipinski definition) is 2. The summed E-state index contributed by atoms with van der Waals surface area (Å²) in [5.74, 6) is 0.125. The zero-order valence-corrected chi connectivity index (χ0v) is 8.84. The van der Waals surface area contributed by atoms with Crippen molar-refractivity contribution in [2.45, 2.75) is 19.9 Å². The number of nitrogen functional groups attached to an aromatic ring is 1. The van der Waals surface area contributed by atoms with E-state index in [4.69, 9.17) is 11.5 Å². The van der Waals surface area contributed by atoms with Gasteiger partial charge in [-0.15, -0.1) is 0 Å². The molecule has 1 heterocycles. The van der Waals surface area contributed by atoms with Gasteiger partial charge >= 0.3 is 0 Å².